The maximum Gasteiger partial charge on any atom is 0.164 e. The van der Waals surface area contributed by atoms with Crippen LogP contribution in [0.1, 0.15) is 18.4 Å². The Balaban J connectivity index is 0.00000264. The van der Waals surface area contributed by atoms with Crippen LogP contribution in [0.25, 0.3) is 0 Å². The predicted octanol–water partition coefficient (Wildman–Crippen LogP) is 2.57. The first-order valence-electron chi connectivity index (χ1n) is 7.87. The van der Waals surface area contributed by atoms with Crippen molar-refractivity contribution in [3.63, 3.8) is 0 Å². The molecule has 1 fully saturated rings. The van der Waals surface area contributed by atoms with Crippen LogP contribution in [0.5, 0.6) is 17.2 Å². The monoisotopic (exact) mass is 344 g/mol. The van der Waals surface area contributed by atoms with Gasteiger partial charge in [0.2, 0.25) is 0 Å². The Bertz CT molecular complexity index is 477. The molecule has 23 heavy (non-hydrogen) atoms. The predicted molar refractivity (Wildman–Crippen MR) is 95.3 cm³/mol. The second-order valence-corrected chi connectivity index (χ2v) is 5.80. The summed E-state index contributed by atoms with van der Waals surface area (Å²) in [6.45, 7) is 4.26. The molecule has 1 saturated heterocycles. The molecule has 0 amide bonds. The molecule has 5 nitrogen and oxygen atoms in total. The van der Waals surface area contributed by atoms with E-state index in [0.29, 0.717) is 5.75 Å². The minimum absolute atomic E-state index is 0. The first kappa shape index (κ1) is 19.9. The van der Waals surface area contributed by atoms with Crippen LogP contribution in [0.2, 0.25) is 0 Å². The van der Waals surface area contributed by atoms with Gasteiger partial charge in [-0.05, 0) is 51.5 Å². The number of methoxy groups -OCH3 is 3. The fourth-order valence-electron chi connectivity index (χ4n) is 3.09. The first-order chi connectivity index (χ1) is 10.7. The van der Waals surface area contributed by atoms with Crippen molar-refractivity contribution in [2.45, 2.75) is 19.4 Å². The molecule has 0 bridgehead atoms. The minimum Gasteiger partial charge on any atom is -0.496 e. The lowest BCUT2D eigenvalue weighted by Crippen LogP contribution is -2.36. The van der Waals surface area contributed by atoms with Crippen LogP contribution >= 0.6 is 12.4 Å². The fraction of sp³-hybridized carbons (Fsp3) is 0.647. The second-order valence-electron chi connectivity index (χ2n) is 5.80. The van der Waals surface area contributed by atoms with Gasteiger partial charge in [-0.1, -0.05) is 0 Å². The number of nitrogens with zero attached hydrogens (tertiary/aromatic N) is 1. The Labute approximate surface area is 145 Å². The first-order valence-corrected chi connectivity index (χ1v) is 7.87. The number of likely N-dealkylation sites (tertiary alicyclic amines) is 1. The van der Waals surface area contributed by atoms with Crippen LogP contribution in [-0.4, -0.2) is 52.9 Å². The van der Waals surface area contributed by atoms with E-state index in [-0.39, 0.29) is 12.4 Å². The van der Waals surface area contributed by atoms with Crippen molar-refractivity contribution >= 4 is 12.4 Å². The maximum absolute atomic E-state index is 5.52. The SMILES string of the molecule is CNCC1CCN(Cc2cc(OC)c(OC)cc2OC)CC1.Cl. The summed E-state index contributed by atoms with van der Waals surface area (Å²) < 4.78 is 16.3. The summed E-state index contributed by atoms with van der Waals surface area (Å²) in [4.78, 5) is 2.48. The van der Waals surface area contributed by atoms with Gasteiger partial charge < -0.3 is 19.5 Å². The molecule has 0 aliphatic carbocycles. The summed E-state index contributed by atoms with van der Waals surface area (Å²) in [6.07, 6.45) is 2.49. The standard InChI is InChI=1S/C17H28N2O3.ClH/c1-18-11-13-5-7-19(8-6-13)12-14-9-16(21-3)17(22-4)10-15(14)20-2;/h9-10,13,18H,5-8,11-12H2,1-4H3;1H. The highest BCUT2D eigenvalue weighted by Gasteiger charge is 2.20. The molecular formula is C17H29ClN2O3. The van der Waals surface area contributed by atoms with E-state index in [2.05, 4.69) is 10.2 Å². The van der Waals surface area contributed by atoms with Gasteiger partial charge in [0, 0.05) is 18.2 Å². The molecule has 1 aliphatic heterocycles. The van der Waals surface area contributed by atoms with E-state index in [9.17, 15) is 0 Å². The quantitative estimate of drug-likeness (QED) is 0.823. The Morgan fingerprint density at radius 2 is 1.57 bits per heavy atom. The summed E-state index contributed by atoms with van der Waals surface area (Å²) in [5.41, 5.74) is 1.15. The van der Waals surface area contributed by atoms with Crippen molar-refractivity contribution in [1.82, 2.24) is 10.2 Å². The van der Waals surface area contributed by atoms with Crippen LogP contribution in [0.4, 0.5) is 0 Å². The highest BCUT2D eigenvalue weighted by molar-refractivity contribution is 5.85. The molecule has 0 unspecified atom stereocenters. The number of halogens is 1. The molecule has 6 heteroatoms. The number of piperidine rings is 1. The molecule has 1 aliphatic rings. The molecule has 1 N–H and O–H groups in total. The van der Waals surface area contributed by atoms with Gasteiger partial charge in [0.1, 0.15) is 5.75 Å². The van der Waals surface area contributed by atoms with Gasteiger partial charge in [0.15, 0.2) is 11.5 Å². The Kier molecular flexibility index (Phi) is 8.52. The maximum atomic E-state index is 5.52. The third kappa shape index (κ3) is 5.16. The van der Waals surface area contributed by atoms with Crippen LogP contribution in [-0.2, 0) is 6.54 Å². The lowest BCUT2D eigenvalue weighted by atomic mass is 9.96. The normalized spacial score (nSPS) is 15.8. The van der Waals surface area contributed by atoms with Crippen LogP contribution < -0.4 is 19.5 Å². The number of hydrogen-bond donors (Lipinski definition) is 1. The van der Waals surface area contributed by atoms with E-state index in [1.54, 1.807) is 21.3 Å². The van der Waals surface area contributed by atoms with E-state index in [1.807, 2.05) is 19.2 Å². The highest BCUT2D eigenvalue weighted by Crippen LogP contribution is 2.35. The Morgan fingerprint density at radius 3 is 2.09 bits per heavy atom. The molecule has 2 rings (SSSR count). The number of rotatable bonds is 7. The molecule has 0 radical (unpaired) electrons. The van der Waals surface area contributed by atoms with Gasteiger partial charge >= 0.3 is 0 Å². The fourth-order valence-corrected chi connectivity index (χ4v) is 3.09. The van der Waals surface area contributed by atoms with Gasteiger partial charge in [-0.2, -0.15) is 0 Å². The Hall–Kier alpha value is -1.17. The van der Waals surface area contributed by atoms with Gasteiger partial charge in [0.25, 0.3) is 0 Å². The minimum atomic E-state index is 0. The molecule has 0 spiro atoms. The van der Waals surface area contributed by atoms with Crippen molar-refractivity contribution in [3.05, 3.63) is 17.7 Å². The van der Waals surface area contributed by atoms with E-state index in [0.717, 1.165) is 49.2 Å². The summed E-state index contributed by atoms with van der Waals surface area (Å²) in [7, 11) is 7.03. The van der Waals surface area contributed by atoms with Gasteiger partial charge in [-0.25, -0.2) is 0 Å². The van der Waals surface area contributed by atoms with Crippen molar-refractivity contribution in [2.75, 3.05) is 48.0 Å². The van der Waals surface area contributed by atoms with Crippen molar-refractivity contribution in [2.24, 2.45) is 5.92 Å². The number of nitrogens with one attached hydrogen (secondary N) is 1. The van der Waals surface area contributed by atoms with Gasteiger partial charge in [-0.15, -0.1) is 12.4 Å². The van der Waals surface area contributed by atoms with Gasteiger partial charge in [-0.3, -0.25) is 4.90 Å². The Morgan fingerprint density at radius 1 is 1.00 bits per heavy atom. The van der Waals surface area contributed by atoms with E-state index >= 15 is 0 Å². The lowest BCUT2D eigenvalue weighted by molar-refractivity contribution is 0.175. The molecule has 1 aromatic carbocycles. The van der Waals surface area contributed by atoms with Crippen molar-refractivity contribution < 1.29 is 14.2 Å². The molecule has 0 atom stereocenters. The highest BCUT2D eigenvalue weighted by atomic mass is 35.5. The smallest absolute Gasteiger partial charge is 0.164 e. The van der Waals surface area contributed by atoms with Crippen LogP contribution in [0.3, 0.4) is 0 Å². The zero-order valence-electron chi connectivity index (χ0n) is 14.6. The number of benzene rings is 1. The molecule has 132 valence electrons. The third-order valence-electron chi connectivity index (χ3n) is 4.38. The van der Waals surface area contributed by atoms with Crippen LogP contribution in [0.15, 0.2) is 12.1 Å². The second kappa shape index (κ2) is 9.85. The topological polar surface area (TPSA) is 43.0 Å². The van der Waals surface area contributed by atoms with Gasteiger partial charge in [0.05, 0.1) is 21.3 Å². The third-order valence-corrected chi connectivity index (χ3v) is 4.38. The molecule has 0 saturated carbocycles. The van der Waals surface area contributed by atoms with E-state index < -0.39 is 0 Å². The van der Waals surface area contributed by atoms with Crippen LogP contribution in [0, 0.1) is 5.92 Å². The summed E-state index contributed by atoms with van der Waals surface area (Å²) in [5, 5.41) is 3.28. The summed E-state index contributed by atoms with van der Waals surface area (Å²) in [5.74, 6) is 3.11. The summed E-state index contributed by atoms with van der Waals surface area (Å²) >= 11 is 0. The molecule has 0 aromatic heterocycles. The molecule has 1 aromatic rings. The lowest BCUT2D eigenvalue weighted by Gasteiger charge is -2.32. The molecule has 1 heterocycles. The average molecular weight is 345 g/mol. The van der Waals surface area contributed by atoms with E-state index in [4.69, 9.17) is 14.2 Å². The zero-order chi connectivity index (χ0) is 15.9. The number of hydrogen-bond acceptors (Lipinski definition) is 5. The van der Waals surface area contributed by atoms with Crippen molar-refractivity contribution in [3.8, 4) is 17.2 Å². The van der Waals surface area contributed by atoms with E-state index in [1.165, 1.54) is 12.8 Å². The largest absolute Gasteiger partial charge is 0.496 e. The summed E-state index contributed by atoms with van der Waals surface area (Å²) in [6, 6.07) is 3.93. The molecular weight excluding hydrogens is 316 g/mol. The number of ether oxygens (including phenoxy) is 3. The average Bonchev–Trinajstić information content (AvgIpc) is 2.56. The zero-order valence-corrected chi connectivity index (χ0v) is 15.4. The van der Waals surface area contributed by atoms with Crippen molar-refractivity contribution in [1.29, 1.82) is 0 Å².